The van der Waals surface area contributed by atoms with Crippen molar-refractivity contribution in [1.29, 1.82) is 0 Å². The van der Waals surface area contributed by atoms with Crippen molar-refractivity contribution in [3.63, 3.8) is 0 Å². The summed E-state index contributed by atoms with van der Waals surface area (Å²) in [6, 6.07) is 24.2. The van der Waals surface area contributed by atoms with Crippen LogP contribution in [0, 0.1) is 3.57 Å². The van der Waals surface area contributed by atoms with Crippen LogP contribution in [0.1, 0.15) is 22.5 Å². The number of para-hydroxylation sites is 1. The van der Waals surface area contributed by atoms with Gasteiger partial charge >= 0.3 is 5.88 Å². The van der Waals surface area contributed by atoms with E-state index in [2.05, 4.69) is 38.5 Å². The van der Waals surface area contributed by atoms with E-state index in [9.17, 15) is 14.4 Å². The normalized spacial score (nSPS) is 14.9. The molecule has 0 saturated carbocycles. The summed E-state index contributed by atoms with van der Waals surface area (Å²) in [7, 11) is 1.66. The summed E-state index contributed by atoms with van der Waals surface area (Å²) in [5.41, 5.74) is 2.13. The summed E-state index contributed by atoms with van der Waals surface area (Å²) < 4.78 is 7.90. The van der Waals surface area contributed by atoms with Crippen molar-refractivity contribution in [1.82, 2.24) is 10.2 Å². The van der Waals surface area contributed by atoms with Crippen LogP contribution >= 0.6 is 34.8 Å². The molecule has 40 heavy (non-hydrogen) atoms. The summed E-state index contributed by atoms with van der Waals surface area (Å²) >= 11 is 7.96. The number of hydrogen-bond donors (Lipinski definition) is 2. The van der Waals surface area contributed by atoms with Gasteiger partial charge in [0.25, 0.3) is 17.5 Å². The molecule has 1 fully saturated rings. The number of aromatic nitrogens is 2. The number of hydrogen-bond acceptors (Lipinski definition) is 6. The van der Waals surface area contributed by atoms with Crippen LogP contribution in [0.3, 0.4) is 0 Å². The third kappa shape index (κ3) is 5.87. The Hall–Kier alpha value is -4.17. The zero-order valence-corrected chi connectivity index (χ0v) is 24.3. The topological polar surface area (TPSA) is 112 Å². The van der Waals surface area contributed by atoms with Crippen molar-refractivity contribution < 1.29 is 23.6 Å². The predicted octanol–water partition coefficient (Wildman–Crippen LogP) is 3.89. The van der Waals surface area contributed by atoms with Gasteiger partial charge in [0.2, 0.25) is 11.2 Å². The Bertz CT molecular complexity index is 1560. The van der Waals surface area contributed by atoms with Gasteiger partial charge in [0.05, 0.1) is 12.1 Å². The number of carbonyl (C=O) groups excluding carboxylic acids is 3. The number of benzene rings is 3. The highest BCUT2D eigenvalue weighted by molar-refractivity contribution is 14.1. The lowest BCUT2D eigenvalue weighted by Crippen LogP contribution is -2.43. The van der Waals surface area contributed by atoms with Crippen LogP contribution in [-0.2, 0) is 23.2 Å². The van der Waals surface area contributed by atoms with E-state index >= 15 is 0 Å². The van der Waals surface area contributed by atoms with Crippen molar-refractivity contribution in [3.05, 3.63) is 99.8 Å². The number of rotatable bonds is 8. The van der Waals surface area contributed by atoms with Crippen LogP contribution in [-0.4, -0.2) is 39.0 Å². The highest BCUT2D eigenvalue weighted by Crippen LogP contribution is 2.29. The van der Waals surface area contributed by atoms with Gasteiger partial charge in [-0.3, -0.25) is 29.1 Å². The molecule has 1 saturated heterocycles. The summed E-state index contributed by atoms with van der Waals surface area (Å²) in [5, 5.41) is 9.78. The molecule has 1 aliphatic heterocycles. The van der Waals surface area contributed by atoms with Crippen LogP contribution in [0.2, 0.25) is 0 Å². The first kappa shape index (κ1) is 27.4. The van der Waals surface area contributed by atoms with Crippen molar-refractivity contribution in [2.45, 2.75) is 19.0 Å². The van der Waals surface area contributed by atoms with Crippen LogP contribution < -0.4 is 20.2 Å². The average molecular weight is 668 g/mol. The Balaban J connectivity index is 1.42. The van der Waals surface area contributed by atoms with E-state index in [1.165, 1.54) is 9.58 Å². The van der Waals surface area contributed by atoms with Crippen molar-refractivity contribution >= 4 is 74.9 Å². The molecule has 1 aromatic heterocycles. The number of anilines is 3. The first-order chi connectivity index (χ1) is 19.3. The summed E-state index contributed by atoms with van der Waals surface area (Å²) in [5.74, 6) is -0.928. The molecule has 202 valence electrons. The second-order valence-corrected chi connectivity index (χ2v) is 10.6. The molecule has 1 unspecified atom stereocenters. The van der Waals surface area contributed by atoms with E-state index in [-0.39, 0.29) is 41.7 Å². The second-order valence-electron chi connectivity index (χ2n) is 8.99. The standard InChI is InChI=1S/C28H23IN6O4S/c1-33-23(26(39-32-33)31-25(37)18-8-4-2-5-9-18)17-34-22(16-24(36)30-20-14-12-19(29)13-15-20)27(38)35(28(34)40)21-10-6-3-7-11-21/h2-15,22H,16-17H2,1H3,(H-,30,31,32,36,37)/p+1. The van der Waals surface area contributed by atoms with Crippen LogP contribution in [0.15, 0.2) is 89.5 Å². The lowest BCUT2D eigenvalue weighted by Gasteiger charge is -2.22. The van der Waals surface area contributed by atoms with Crippen molar-refractivity contribution in [2.75, 3.05) is 15.5 Å². The molecule has 2 heterocycles. The van der Waals surface area contributed by atoms with Gasteiger partial charge in [-0.2, -0.15) is 0 Å². The summed E-state index contributed by atoms with van der Waals surface area (Å²) in [6.07, 6.45) is -0.144. The average Bonchev–Trinajstić information content (AvgIpc) is 3.41. The van der Waals surface area contributed by atoms with E-state index in [0.29, 0.717) is 22.6 Å². The smallest absolute Gasteiger partial charge is 0.307 e. The number of amides is 3. The summed E-state index contributed by atoms with van der Waals surface area (Å²) in [6.45, 7) is 0.0553. The predicted molar refractivity (Wildman–Crippen MR) is 160 cm³/mol. The van der Waals surface area contributed by atoms with Crippen molar-refractivity contribution in [2.24, 2.45) is 7.05 Å². The maximum absolute atomic E-state index is 13.7. The summed E-state index contributed by atoms with van der Waals surface area (Å²) in [4.78, 5) is 42.7. The molecule has 0 radical (unpaired) electrons. The van der Waals surface area contributed by atoms with Crippen molar-refractivity contribution in [3.8, 4) is 0 Å². The third-order valence-electron chi connectivity index (χ3n) is 6.33. The quantitative estimate of drug-likeness (QED) is 0.167. The Morgan fingerprint density at radius 2 is 1.65 bits per heavy atom. The SMILES string of the molecule is C[n+]1noc(NC(=O)c2ccccc2)c1CN1C(=S)N(c2ccccc2)C(=O)C1CC(=O)Nc1ccc(I)cc1. The van der Waals surface area contributed by atoms with E-state index in [1.54, 1.807) is 60.5 Å². The molecule has 3 aromatic carbocycles. The minimum atomic E-state index is -0.899. The van der Waals surface area contributed by atoms with Gasteiger partial charge in [0.15, 0.2) is 12.2 Å². The first-order valence-electron chi connectivity index (χ1n) is 12.3. The highest BCUT2D eigenvalue weighted by Gasteiger charge is 2.46. The fourth-order valence-electron chi connectivity index (χ4n) is 4.30. The monoisotopic (exact) mass is 667 g/mol. The fourth-order valence-corrected chi connectivity index (χ4v) is 5.04. The molecule has 2 N–H and O–H groups in total. The number of nitrogens with one attached hydrogen (secondary N) is 2. The lowest BCUT2D eigenvalue weighted by atomic mass is 10.1. The van der Waals surface area contributed by atoms with Gasteiger partial charge in [-0.1, -0.05) is 36.4 Å². The minimum Gasteiger partial charge on any atom is -0.326 e. The number of halogens is 1. The molecule has 0 spiro atoms. The fraction of sp³-hybridized carbons (Fsp3) is 0.143. The molecule has 3 amide bonds. The molecular formula is C28H24IN6O4S+. The third-order valence-corrected chi connectivity index (χ3v) is 7.47. The molecule has 0 aliphatic carbocycles. The number of nitrogens with zero attached hydrogens (tertiary/aromatic N) is 4. The highest BCUT2D eigenvalue weighted by atomic mass is 127. The van der Waals surface area contributed by atoms with Gasteiger partial charge in [-0.15, -0.1) is 0 Å². The Labute approximate surface area is 249 Å². The van der Waals surface area contributed by atoms with E-state index in [1.807, 2.05) is 36.4 Å². The molecular weight excluding hydrogens is 643 g/mol. The largest absolute Gasteiger partial charge is 0.326 e. The molecule has 5 rings (SSSR count). The minimum absolute atomic E-state index is 0.0553. The molecule has 1 atom stereocenters. The van der Waals surface area contributed by atoms with E-state index < -0.39 is 6.04 Å². The maximum atomic E-state index is 13.7. The van der Waals surface area contributed by atoms with Gasteiger partial charge < -0.3 is 10.2 Å². The molecule has 12 heteroatoms. The number of thiocarbonyl (C=S) groups is 1. The van der Waals surface area contributed by atoms with Gasteiger partial charge in [-0.25, -0.2) is 0 Å². The van der Waals surface area contributed by atoms with Gasteiger partial charge in [0, 0.05) is 14.8 Å². The Morgan fingerprint density at radius 3 is 2.33 bits per heavy atom. The number of carbonyl (C=O) groups is 3. The molecule has 4 aromatic rings. The first-order valence-corrected chi connectivity index (χ1v) is 13.8. The van der Waals surface area contributed by atoms with Gasteiger partial charge in [-0.05, 0) is 88.0 Å². The molecule has 0 bridgehead atoms. The maximum Gasteiger partial charge on any atom is 0.307 e. The molecule has 1 aliphatic rings. The van der Waals surface area contributed by atoms with Crippen LogP contribution in [0.4, 0.5) is 17.3 Å². The van der Waals surface area contributed by atoms with E-state index in [0.717, 1.165) is 3.57 Å². The second kappa shape index (κ2) is 11.9. The van der Waals surface area contributed by atoms with E-state index in [4.69, 9.17) is 16.7 Å². The van der Waals surface area contributed by atoms with Crippen LogP contribution in [0.25, 0.3) is 0 Å². The lowest BCUT2D eigenvalue weighted by molar-refractivity contribution is -0.746. The van der Waals surface area contributed by atoms with Gasteiger partial charge in [0.1, 0.15) is 12.6 Å². The zero-order chi connectivity index (χ0) is 28.2. The Kier molecular flexibility index (Phi) is 8.16. The number of aryl methyl sites for hydroxylation is 1. The van der Waals surface area contributed by atoms with Crippen LogP contribution in [0.5, 0.6) is 0 Å². The Morgan fingerprint density at radius 1 is 1.00 bits per heavy atom. The molecule has 10 nitrogen and oxygen atoms in total. The zero-order valence-electron chi connectivity index (χ0n) is 21.3.